The predicted molar refractivity (Wildman–Crippen MR) is 73.8 cm³/mol. The molecule has 0 bridgehead atoms. The van der Waals surface area contributed by atoms with Gasteiger partial charge in [0.2, 0.25) is 5.95 Å². The molecule has 1 unspecified atom stereocenters. The summed E-state index contributed by atoms with van der Waals surface area (Å²) in [5.41, 5.74) is 0. The van der Waals surface area contributed by atoms with Gasteiger partial charge in [0.15, 0.2) is 5.16 Å². The lowest BCUT2D eigenvalue weighted by Crippen LogP contribution is -2.38. The molecule has 1 atom stereocenters. The number of hydrogen-bond donors (Lipinski definition) is 0. The second-order valence-corrected chi connectivity index (χ2v) is 5.61. The van der Waals surface area contributed by atoms with Crippen molar-refractivity contribution in [2.45, 2.75) is 30.6 Å². The third kappa shape index (κ3) is 2.88. The topological polar surface area (TPSA) is 52.4 Å². The van der Waals surface area contributed by atoms with Gasteiger partial charge >= 0.3 is 0 Å². The first-order chi connectivity index (χ1) is 9.38. The summed E-state index contributed by atoms with van der Waals surface area (Å²) in [5, 5.41) is 9.62. The van der Waals surface area contributed by atoms with E-state index in [1.54, 1.807) is 11.8 Å². The van der Waals surface area contributed by atoms with Crippen LogP contribution < -0.4 is 4.90 Å². The Bertz CT molecular complexity index is 414. The van der Waals surface area contributed by atoms with Gasteiger partial charge in [-0.1, -0.05) is 11.8 Å². The van der Waals surface area contributed by atoms with Gasteiger partial charge in [0.1, 0.15) is 0 Å². The summed E-state index contributed by atoms with van der Waals surface area (Å²) in [7, 11) is 0. The van der Waals surface area contributed by atoms with E-state index in [4.69, 9.17) is 9.47 Å². The zero-order valence-electron chi connectivity index (χ0n) is 11.2. The van der Waals surface area contributed by atoms with Crippen LogP contribution in [0.3, 0.4) is 0 Å². The van der Waals surface area contributed by atoms with Crippen LogP contribution in [0.1, 0.15) is 12.8 Å². The van der Waals surface area contributed by atoms with E-state index >= 15 is 0 Å². The van der Waals surface area contributed by atoms with E-state index in [1.165, 1.54) is 0 Å². The Kier molecular flexibility index (Phi) is 4.24. The van der Waals surface area contributed by atoms with Gasteiger partial charge in [0, 0.05) is 19.7 Å². The van der Waals surface area contributed by atoms with Crippen LogP contribution in [0.15, 0.2) is 5.16 Å². The normalized spacial score (nSPS) is 24.1. The van der Waals surface area contributed by atoms with Crippen LogP contribution in [0.25, 0.3) is 0 Å². The van der Waals surface area contributed by atoms with E-state index in [2.05, 4.69) is 19.7 Å². The summed E-state index contributed by atoms with van der Waals surface area (Å²) in [5.74, 6) is 0.961. The van der Waals surface area contributed by atoms with E-state index in [1.807, 2.05) is 6.26 Å². The Morgan fingerprint density at radius 1 is 1.26 bits per heavy atom. The van der Waals surface area contributed by atoms with E-state index in [-0.39, 0.29) is 0 Å². The fraction of sp³-hybridized carbons (Fsp3) is 0.833. The third-order valence-corrected chi connectivity index (χ3v) is 4.25. The van der Waals surface area contributed by atoms with Crippen molar-refractivity contribution in [3.05, 3.63) is 0 Å². The maximum atomic E-state index is 5.74. The molecule has 19 heavy (non-hydrogen) atoms. The molecule has 1 aromatic heterocycles. The van der Waals surface area contributed by atoms with Crippen molar-refractivity contribution in [3.63, 3.8) is 0 Å². The Morgan fingerprint density at radius 3 is 2.79 bits per heavy atom. The SMILES string of the molecule is CSc1nnc(N2CCOCC2)n1CC1CCCO1. The number of rotatable bonds is 4. The Labute approximate surface area is 117 Å². The largest absolute Gasteiger partial charge is 0.378 e. The number of nitrogens with zero attached hydrogens (tertiary/aromatic N) is 4. The lowest BCUT2D eigenvalue weighted by Gasteiger charge is -2.28. The highest BCUT2D eigenvalue weighted by molar-refractivity contribution is 7.98. The van der Waals surface area contributed by atoms with Crippen LogP contribution in [-0.4, -0.2) is 60.0 Å². The number of aromatic nitrogens is 3. The summed E-state index contributed by atoms with van der Waals surface area (Å²) in [6.07, 6.45) is 4.64. The molecule has 2 saturated heterocycles. The molecule has 0 aliphatic carbocycles. The van der Waals surface area contributed by atoms with Gasteiger partial charge in [0.05, 0.1) is 25.9 Å². The number of thioether (sulfide) groups is 1. The Hall–Kier alpha value is -0.790. The first-order valence-electron chi connectivity index (χ1n) is 6.80. The smallest absolute Gasteiger partial charge is 0.228 e. The van der Waals surface area contributed by atoms with Crippen molar-refractivity contribution in [1.29, 1.82) is 0 Å². The van der Waals surface area contributed by atoms with Crippen molar-refractivity contribution >= 4 is 17.7 Å². The number of ether oxygens (including phenoxy) is 2. The maximum Gasteiger partial charge on any atom is 0.228 e. The molecule has 2 aliphatic rings. The quantitative estimate of drug-likeness (QED) is 0.769. The first kappa shape index (κ1) is 13.2. The molecule has 0 N–H and O–H groups in total. The highest BCUT2D eigenvalue weighted by Gasteiger charge is 2.24. The Morgan fingerprint density at radius 2 is 2.11 bits per heavy atom. The van der Waals surface area contributed by atoms with Crippen LogP contribution >= 0.6 is 11.8 Å². The van der Waals surface area contributed by atoms with Gasteiger partial charge in [-0.15, -0.1) is 10.2 Å². The van der Waals surface area contributed by atoms with Crippen molar-refractivity contribution in [3.8, 4) is 0 Å². The van der Waals surface area contributed by atoms with Gasteiger partial charge in [-0.2, -0.15) is 0 Å². The average Bonchev–Trinajstić information content (AvgIpc) is 3.10. The third-order valence-electron chi connectivity index (χ3n) is 3.58. The zero-order chi connectivity index (χ0) is 13.1. The van der Waals surface area contributed by atoms with Crippen molar-refractivity contribution in [2.75, 3.05) is 44.1 Å². The lowest BCUT2D eigenvalue weighted by atomic mass is 10.2. The van der Waals surface area contributed by atoms with Crippen LogP contribution in [0.2, 0.25) is 0 Å². The number of anilines is 1. The fourth-order valence-electron chi connectivity index (χ4n) is 2.58. The summed E-state index contributed by atoms with van der Waals surface area (Å²) in [4.78, 5) is 2.26. The minimum absolute atomic E-state index is 0.307. The van der Waals surface area contributed by atoms with Crippen LogP contribution in [0, 0.1) is 0 Å². The second kappa shape index (κ2) is 6.11. The van der Waals surface area contributed by atoms with Gasteiger partial charge in [-0.3, -0.25) is 4.57 Å². The summed E-state index contributed by atoms with van der Waals surface area (Å²) in [6.45, 7) is 5.04. The fourth-order valence-corrected chi connectivity index (χ4v) is 3.08. The number of morpholine rings is 1. The van der Waals surface area contributed by atoms with E-state index < -0.39 is 0 Å². The van der Waals surface area contributed by atoms with Crippen LogP contribution in [0.5, 0.6) is 0 Å². The summed E-state index contributed by atoms with van der Waals surface area (Å²) < 4.78 is 13.3. The maximum absolute atomic E-state index is 5.74. The highest BCUT2D eigenvalue weighted by Crippen LogP contribution is 2.24. The van der Waals surface area contributed by atoms with Gasteiger partial charge in [0.25, 0.3) is 0 Å². The van der Waals surface area contributed by atoms with Crippen LogP contribution in [-0.2, 0) is 16.0 Å². The molecule has 3 rings (SSSR count). The molecule has 2 aliphatic heterocycles. The van der Waals surface area contributed by atoms with E-state index in [0.29, 0.717) is 6.10 Å². The lowest BCUT2D eigenvalue weighted by molar-refractivity contribution is 0.0942. The standard InChI is InChI=1S/C12H20N4O2S/c1-19-12-14-13-11(15-4-7-17-8-5-15)16(12)9-10-3-2-6-18-10/h10H,2-9H2,1H3. The predicted octanol–water partition coefficient (Wildman–Crippen LogP) is 1.02. The molecule has 2 fully saturated rings. The zero-order valence-corrected chi connectivity index (χ0v) is 12.1. The summed E-state index contributed by atoms with van der Waals surface area (Å²) >= 11 is 1.64. The monoisotopic (exact) mass is 284 g/mol. The molecule has 0 spiro atoms. The molecule has 3 heterocycles. The minimum Gasteiger partial charge on any atom is -0.378 e. The molecule has 6 nitrogen and oxygen atoms in total. The molecule has 0 aromatic carbocycles. The van der Waals surface area contributed by atoms with Crippen molar-refractivity contribution < 1.29 is 9.47 Å². The molecular weight excluding hydrogens is 264 g/mol. The second-order valence-electron chi connectivity index (χ2n) is 4.83. The van der Waals surface area contributed by atoms with Gasteiger partial charge in [-0.25, -0.2) is 0 Å². The summed E-state index contributed by atoms with van der Waals surface area (Å²) in [6, 6.07) is 0. The van der Waals surface area contributed by atoms with Gasteiger partial charge < -0.3 is 14.4 Å². The molecule has 106 valence electrons. The molecule has 0 amide bonds. The van der Waals surface area contributed by atoms with E-state index in [9.17, 15) is 0 Å². The average molecular weight is 284 g/mol. The molecule has 7 heteroatoms. The molecular formula is C12H20N4O2S. The highest BCUT2D eigenvalue weighted by atomic mass is 32.2. The van der Waals surface area contributed by atoms with Crippen LogP contribution in [0.4, 0.5) is 5.95 Å². The first-order valence-corrected chi connectivity index (χ1v) is 8.02. The molecule has 0 saturated carbocycles. The van der Waals surface area contributed by atoms with Crippen molar-refractivity contribution in [1.82, 2.24) is 14.8 Å². The van der Waals surface area contributed by atoms with Crippen molar-refractivity contribution in [2.24, 2.45) is 0 Å². The Balaban J connectivity index is 1.79. The molecule has 0 radical (unpaired) electrons. The van der Waals surface area contributed by atoms with E-state index in [0.717, 1.165) is 63.4 Å². The minimum atomic E-state index is 0.307. The van der Waals surface area contributed by atoms with Gasteiger partial charge in [-0.05, 0) is 19.1 Å². The number of hydrogen-bond acceptors (Lipinski definition) is 6. The molecule has 1 aromatic rings.